The van der Waals surface area contributed by atoms with Crippen LogP contribution in [-0.4, -0.2) is 50.0 Å². The topological polar surface area (TPSA) is 66.8 Å². The normalized spacial score (nSPS) is 22.5. The molecule has 1 saturated carbocycles. The summed E-state index contributed by atoms with van der Waals surface area (Å²) in [5, 5.41) is 9.20. The fraction of sp³-hybridized carbons (Fsp3) is 0.458. The van der Waals surface area contributed by atoms with E-state index in [1.54, 1.807) is 42.2 Å². The maximum Gasteiger partial charge on any atom is 0.416 e. The molecule has 3 aromatic rings. The molecular formula is C24H26F3N5OS. The van der Waals surface area contributed by atoms with Crippen LogP contribution >= 0.6 is 11.8 Å². The van der Waals surface area contributed by atoms with Crippen molar-refractivity contribution in [2.75, 3.05) is 25.4 Å². The van der Waals surface area contributed by atoms with E-state index >= 15 is 0 Å². The highest BCUT2D eigenvalue weighted by molar-refractivity contribution is 7.99. The molecule has 1 aromatic carbocycles. The molecule has 1 unspecified atom stereocenters. The third kappa shape index (κ3) is 4.53. The van der Waals surface area contributed by atoms with Crippen molar-refractivity contribution in [3.8, 4) is 11.4 Å². The maximum atomic E-state index is 12.8. The highest BCUT2D eigenvalue weighted by Gasteiger charge is 2.57. The van der Waals surface area contributed by atoms with Gasteiger partial charge in [-0.2, -0.15) is 13.2 Å². The summed E-state index contributed by atoms with van der Waals surface area (Å²) < 4.78 is 40.3. The summed E-state index contributed by atoms with van der Waals surface area (Å²) in [6.45, 7) is 3.03. The first-order chi connectivity index (χ1) is 16.3. The Morgan fingerprint density at radius 3 is 2.74 bits per heavy atom. The molecule has 1 spiro atoms. The summed E-state index contributed by atoms with van der Waals surface area (Å²) in [6, 6.07) is 9.22. The van der Waals surface area contributed by atoms with Crippen LogP contribution in [0.5, 0.6) is 0 Å². The fourth-order valence-electron chi connectivity index (χ4n) is 5.07. The molecule has 1 aliphatic heterocycles. The predicted molar refractivity (Wildman–Crippen MR) is 125 cm³/mol. The number of likely N-dealkylation sites (tertiary alicyclic amines) is 1. The van der Waals surface area contributed by atoms with Crippen LogP contribution < -0.4 is 5.56 Å². The number of alkyl halides is 3. The minimum atomic E-state index is -4.28. The molecule has 1 saturated heterocycles. The number of nitrogens with zero attached hydrogens (tertiary/aromatic N) is 4. The summed E-state index contributed by atoms with van der Waals surface area (Å²) in [5.74, 6) is 1.81. The van der Waals surface area contributed by atoms with Crippen LogP contribution in [0.2, 0.25) is 0 Å². The number of pyridine rings is 1. The second kappa shape index (κ2) is 8.88. The number of H-pyrrole nitrogens is 1. The number of hydrogen-bond donors (Lipinski definition) is 1. The van der Waals surface area contributed by atoms with Gasteiger partial charge in [0.2, 0.25) is 0 Å². The largest absolute Gasteiger partial charge is 0.416 e. The van der Waals surface area contributed by atoms with Gasteiger partial charge < -0.3 is 14.5 Å². The van der Waals surface area contributed by atoms with Gasteiger partial charge in [0.25, 0.3) is 5.56 Å². The van der Waals surface area contributed by atoms with Gasteiger partial charge in [-0.3, -0.25) is 4.79 Å². The smallest absolute Gasteiger partial charge is 0.328 e. The second-order valence-corrected chi connectivity index (χ2v) is 10.3. The van der Waals surface area contributed by atoms with E-state index in [1.165, 1.54) is 12.1 Å². The van der Waals surface area contributed by atoms with Gasteiger partial charge in [0.15, 0.2) is 11.0 Å². The van der Waals surface area contributed by atoms with Crippen LogP contribution in [0.1, 0.15) is 36.3 Å². The summed E-state index contributed by atoms with van der Waals surface area (Å²) in [7, 11) is 1.86. The SMILES string of the molecule is Cn1c(SCCCN2CCC3(C[C@@H]3c3ccc(C(F)(F)F)cc3)C2)nnc1-c1ccc[nH]c1=O. The van der Waals surface area contributed by atoms with Gasteiger partial charge in [-0.1, -0.05) is 23.9 Å². The molecule has 10 heteroatoms. The van der Waals surface area contributed by atoms with Crippen molar-refractivity contribution in [2.45, 2.75) is 36.5 Å². The van der Waals surface area contributed by atoms with E-state index in [9.17, 15) is 18.0 Å². The van der Waals surface area contributed by atoms with Crippen molar-refractivity contribution in [3.63, 3.8) is 0 Å². The number of benzene rings is 1. The van der Waals surface area contributed by atoms with Crippen molar-refractivity contribution in [2.24, 2.45) is 12.5 Å². The number of rotatable bonds is 7. The molecule has 0 radical (unpaired) electrons. The molecule has 2 atom stereocenters. The van der Waals surface area contributed by atoms with Gasteiger partial charge in [-0.05, 0) is 73.5 Å². The van der Waals surface area contributed by atoms with Crippen LogP contribution in [0.15, 0.2) is 52.5 Å². The van der Waals surface area contributed by atoms with Gasteiger partial charge in [0.1, 0.15) is 0 Å². The lowest BCUT2D eigenvalue weighted by atomic mass is 9.97. The maximum absolute atomic E-state index is 12.8. The van der Waals surface area contributed by atoms with E-state index in [-0.39, 0.29) is 11.0 Å². The fourth-order valence-corrected chi connectivity index (χ4v) is 5.91. The summed E-state index contributed by atoms with van der Waals surface area (Å²) in [6.07, 6.45) is 0.467. The Balaban J connectivity index is 1.10. The lowest BCUT2D eigenvalue weighted by Crippen LogP contribution is -2.23. The van der Waals surface area contributed by atoms with Crippen molar-refractivity contribution >= 4 is 11.8 Å². The molecule has 3 heterocycles. The Morgan fingerprint density at radius 2 is 2.00 bits per heavy atom. The van der Waals surface area contributed by atoms with Crippen molar-refractivity contribution in [1.29, 1.82) is 0 Å². The van der Waals surface area contributed by atoms with E-state index < -0.39 is 11.7 Å². The summed E-state index contributed by atoms with van der Waals surface area (Å²) in [4.78, 5) is 17.1. The van der Waals surface area contributed by atoms with E-state index in [0.717, 1.165) is 55.4 Å². The zero-order chi connectivity index (χ0) is 23.9. The number of hydrogen-bond acceptors (Lipinski definition) is 5. The van der Waals surface area contributed by atoms with Crippen molar-refractivity contribution in [3.05, 3.63) is 64.1 Å². The Hall–Kier alpha value is -2.59. The van der Waals surface area contributed by atoms with Gasteiger partial charge >= 0.3 is 6.18 Å². The van der Waals surface area contributed by atoms with Gasteiger partial charge in [-0.15, -0.1) is 10.2 Å². The molecule has 2 aliphatic rings. The lowest BCUT2D eigenvalue weighted by Gasteiger charge is -2.16. The Labute approximate surface area is 199 Å². The predicted octanol–water partition coefficient (Wildman–Crippen LogP) is 4.55. The minimum Gasteiger partial charge on any atom is -0.328 e. The molecule has 2 aromatic heterocycles. The van der Waals surface area contributed by atoms with Gasteiger partial charge in [0, 0.05) is 25.5 Å². The third-order valence-corrected chi connectivity index (χ3v) is 8.14. The van der Waals surface area contributed by atoms with Crippen molar-refractivity contribution in [1.82, 2.24) is 24.6 Å². The molecular weight excluding hydrogens is 463 g/mol. The zero-order valence-electron chi connectivity index (χ0n) is 18.8. The first-order valence-electron chi connectivity index (χ1n) is 11.4. The lowest BCUT2D eigenvalue weighted by molar-refractivity contribution is -0.137. The standard InChI is InChI=1S/C24H26F3N5OS/c1-31-20(18-4-2-10-28-21(18)33)29-30-22(31)34-13-3-11-32-12-9-23(15-32)14-19(23)16-5-7-17(8-6-16)24(25,26)27/h2,4-8,10,19H,3,9,11-15H2,1H3,(H,28,33)/t19-,23?/m1/s1. The number of aromatic amines is 1. The first-order valence-corrected chi connectivity index (χ1v) is 12.4. The number of aromatic nitrogens is 4. The molecule has 0 bridgehead atoms. The number of halogens is 3. The minimum absolute atomic E-state index is 0.188. The molecule has 0 amide bonds. The molecule has 1 N–H and O–H groups in total. The van der Waals surface area contributed by atoms with Gasteiger partial charge in [0.05, 0.1) is 11.1 Å². The quantitative estimate of drug-likeness (QED) is 0.390. The van der Waals surface area contributed by atoms with Crippen LogP contribution in [-0.2, 0) is 13.2 Å². The first kappa shape index (κ1) is 23.2. The molecule has 180 valence electrons. The summed E-state index contributed by atoms with van der Waals surface area (Å²) >= 11 is 1.63. The van der Waals surface area contributed by atoms with Crippen LogP contribution in [0, 0.1) is 5.41 Å². The van der Waals surface area contributed by atoms with E-state index in [1.807, 2.05) is 11.6 Å². The monoisotopic (exact) mass is 489 g/mol. The second-order valence-electron chi connectivity index (χ2n) is 9.25. The Kier molecular flexibility index (Phi) is 6.05. The third-order valence-electron chi connectivity index (χ3n) is 7.04. The molecule has 34 heavy (non-hydrogen) atoms. The van der Waals surface area contributed by atoms with Crippen LogP contribution in [0.25, 0.3) is 11.4 Å². The Morgan fingerprint density at radius 1 is 1.21 bits per heavy atom. The molecule has 5 rings (SSSR count). The van der Waals surface area contributed by atoms with E-state index in [2.05, 4.69) is 20.1 Å². The van der Waals surface area contributed by atoms with E-state index in [4.69, 9.17) is 0 Å². The van der Waals surface area contributed by atoms with Crippen LogP contribution in [0.3, 0.4) is 0 Å². The highest BCUT2D eigenvalue weighted by atomic mass is 32.2. The number of thioether (sulfide) groups is 1. The molecule has 6 nitrogen and oxygen atoms in total. The average Bonchev–Trinajstić information content (AvgIpc) is 3.16. The number of nitrogens with one attached hydrogen (secondary N) is 1. The zero-order valence-corrected chi connectivity index (χ0v) is 19.6. The summed E-state index contributed by atoms with van der Waals surface area (Å²) in [5.41, 5.74) is 0.988. The highest BCUT2D eigenvalue weighted by Crippen LogP contribution is 2.64. The van der Waals surface area contributed by atoms with Crippen LogP contribution in [0.4, 0.5) is 13.2 Å². The van der Waals surface area contributed by atoms with Gasteiger partial charge in [-0.25, -0.2) is 0 Å². The Bertz CT molecular complexity index is 1220. The average molecular weight is 490 g/mol. The van der Waals surface area contributed by atoms with Crippen molar-refractivity contribution < 1.29 is 13.2 Å². The van der Waals surface area contributed by atoms with E-state index in [0.29, 0.717) is 17.3 Å². The molecule has 1 aliphatic carbocycles. The molecule has 2 fully saturated rings.